The lowest BCUT2D eigenvalue weighted by atomic mass is 10.2. The van der Waals surface area contributed by atoms with Gasteiger partial charge in [0.1, 0.15) is 0 Å². The van der Waals surface area contributed by atoms with Crippen molar-refractivity contribution in [2.45, 2.75) is 13.3 Å². The van der Waals surface area contributed by atoms with Crippen molar-refractivity contribution >= 4 is 11.0 Å². The van der Waals surface area contributed by atoms with Crippen molar-refractivity contribution in [3.05, 3.63) is 29.6 Å². The van der Waals surface area contributed by atoms with Crippen molar-refractivity contribution in [2.24, 2.45) is 0 Å². The summed E-state index contributed by atoms with van der Waals surface area (Å²) in [5.41, 5.74) is 4.64. The molecular weight excluding hydrogens is 186 g/mol. The summed E-state index contributed by atoms with van der Waals surface area (Å²) >= 11 is 0. The number of H-pyrrole nitrogens is 1. The van der Waals surface area contributed by atoms with Gasteiger partial charge in [-0.2, -0.15) is 0 Å². The summed E-state index contributed by atoms with van der Waals surface area (Å²) in [5.74, 6) is 0. The Morgan fingerprint density at radius 2 is 2.13 bits per heavy atom. The molecule has 0 aromatic carbocycles. The standard InChI is InChI=1S/C12H17N3/c1-9-4-5-11-12(14-9)10(8-13-11)6-7-15(2)3/h4-5,8,13H,6-7H2,1-3H3. The molecule has 0 aliphatic carbocycles. The van der Waals surface area contributed by atoms with Crippen molar-refractivity contribution in [1.82, 2.24) is 14.9 Å². The van der Waals surface area contributed by atoms with Crippen LogP contribution in [-0.2, 0) is 6.42 Å². The predicted octanol–water partition coefficient (Wildman–Crippen LogP) is 1.98. The first kappa shape index (κ1) is 10.2. The second-order valence-corrected chi connectivity index (χ2v) is 4.22. The first-order chi connectivity index (χ1) is 7.16. The zero-order valence-electron chi connectivity index (χ0n) is 9.54. The Morgan fingerprint density at radius 3 is 2.87 bits per heavy atom. The average molecular weight is 203 g/mol. The van der Waals surface area contributed by atoms with Crippen molar-refractivity contribution in [2.75, 3.05) is 20.6 Å². The highest BCUT2D eigenvalue weighted by atomic mass is 15.0. The van der Waals surface area contributed by atoms with Gasteiger partial charge in [-0.25, -0.2) is 0 Å². The molecule has 3 heteroatoms. The van der Waals surface area contributed by atoms with Crippen LogP contribution in [0.1, 0.15) is 11.3 Å². The van der Waals surface area contributed by atoms with Gasteiger partial charge >= 0.3 is 0 Å². The van der Waals surface area contributed by atoms with Crippen LogP contribution in [0.4, 0.5) is 0 Å². The fourth-order valence-corrected chi connectivity index (χ4v) is 1.69. The van der Waals surface area contributed by atoms with E-state index in [0.717, 1.165) is 29.7 Å². The molecule has 3 nitrogen and oxygen atoms in total. The van der Waals surface area contributed by atoms with E-state index in [4.69, 9.17) is 0 Å². The fraction of sp³-hybridized carbons (Fsp3) is 0.417. The van der Waals surface area contributed by atoms with Crippen LogP contribution in [-0.4, -0.2) is 35.5 Å². The van der Waals surface area contributed by atoms with E-state index in [0.29, 0.717) is 0 Å². The molecule has 0 aliphatic heterocycles. The summed E-state index contributed by atoms with van der Waals surface area (Å²) in [5, 5.41) is 0. The molecule has 2 heterocycles. The number of rotatable bonds is 3. The highest BCUT2D eigenvalue weighted by Gasteiger charge is 2.05. The van der Waals surface area contributed by atoms with Gasteiger partial charge in [0.05, 0.1) is 11.0 Å². The summed E-state index contributed by atoms with van der Waals surface area (Å²) < 4.78 is 0. The molecule has 0 fully saturated rings. The Bertz CT molecular complexity index is 457. The SMILES string of the molecule is Cc1ccc2[nH]cc(CCN(C)C)c2n1. The molecule has 0 unspecified atom stereocenters. The molecule has 2 aromatic heterocycles. The number of aromatic nitrogens is 2. The zero-order valence-corrected chi connectivity index (χ0v) is 9.54. The lowest BCUT2D eigenvalue weighted by Crippen LogP contribution is -2.14. The normalized spacial score (nSPS) is 11.5. The Hall–Kier alpha value is -1.35. The average Bonchev–Trinajstić information content (AvgIpc) is 2.57. The molecule has 15 heavy (non-hydrogen) atoms. The van der Waals surface area contributed by atoms with Crippen LogP contribution < -0.4 is 0 Å². The second-order valence-electron chi connectivity index (χ2n) is 4.22. The largest absolute Gasteiger partial charge is 0.360 e. The van der Waals surface area contributed by atoms with Crippen molar-refractivity contribution in [3.8, 4) is 0 Å². The zero-order chi connectivity index (χ0) is 10.8. The fourth-order valence-electron chi connectivity index (χ4n) is 1.69. The Morgan fingerprint density at radius 1 is 1.33 bits per heavy atom. The molecule has 80 valence electrons. The topological polar surface area (TPSA) is 31.9 Å². The van der Waals surface area contributed by atoms with E-state index in [1.165, 1.54) is 5.56 Å². The third kappa shape index (κ3) is 2.18. The van der Waals surface area contributed by atoms with E-state index in [2.05, 4.69) is 41.2 Å². The molecule has 0 radical (unpaired) electrons. The number of hydrogen-bond donors (Lipinski definition) is 1. The maximum Gasteiger partial charge on any atom is 0.0914 e. The highest BCUT2D eigenvalue weighted by Crippen LogP contribution is 2.16. The van der Waals surface area contributed by atoms with Crippen molar-refractivity contribution < 1.29 is 0 Å². The van der Waals surface area contributed by atoms with Gasteiger partial charge in [0.25, 0.3) is 0 Å². The molecular formula is C12H17N3. The summed E-state index contributed by atoms with van der Waals surface area (Å²) in [6.45, 7) is 3.09. The summed E-state index contributed by atoms with van der Waals surface area (Å²) in [7, 11) is 4.18. The smallest absolute Gasteiger partial charge is 0.0914 e. The van der Waals surface area contributed by atoms with Gasteiger partial charge in [-0.1, -0.05) is 0 Å². The van der Waals surface area contributed by atoms with Crippen LogP contribution in [0, 0.1) is 6.92 Å². The van der Waals surface area contributed by atoms with E-state index < -0.39 is 0 Å². The van der Waals surface area contributed by atoms with Crippen molar-refractivity contribution in [3.63, 3.8) is 0 Å². The third-order valence-corrected chi connectivity index (χ3v) is 2.57. The summed E-state index contributed by atoms with van der Waals surface area (Å²) in [4.78, 5) is 10.0. The summed E-state index contributed by atoms with van der Waals surface area (Å²) in [6, 6.07) is 4.13. The van der Waals surface area contributed by atoms with Gasteiger partial charge in [0, 0.05) is 18.4 Å². The monoisotopic (exact) mass is 203 g/mol. The van der Waals surface area contributed by atoms with Gasteiger partial charge in [-0.3, -0.25) is 4.98 Å². The molecule has 0 amide bonds. The van der Waals surface area contributed by atoms with Crippen LogP contribution in [0.2, 0.25) is 0 Å². The molecule has 0 aliphatic rings. The molecule has 0 atom stereocenters. The maximum absolute atomic E-state index is 4.56. The summed E-state index contributed by atoms with van der Waals surface area (Å²) in [6.07, 6.45) is 3.12. The van der Waals surface area contributed by atoms with Crippen molar-refractivity contribution in [1.29, 1.82) is 0 Å². The molecule has 0 bridgehead atoms. The molecule has 0 saturated heterocycles. The van der Waals surface area contributed by atoms with Gasteiger partial charge < -0.3 is 9.88 Å². The number of hydrogen-bond acceptors (Lipinski definition) is 2. The number of aryl methyl sites for hydroxylation is 1. The van der Waals surface area contributed by atoms with Gasteiger partial charge in [0.2, 0.25) is 0 Å². The van der Waals surface area contributed by atoms with Gasteiger partial charge in [0.15, 0.2) is 0 Å². The van der Waals surface area contributed by atoms with Gasteiger partial charge in [-0.15, -0.1) is 0 Å². The Balaban J connectivity index is 2.31. The quantitative estimate of drug-likeness (QED) is 0.827. The lowest BCUT2D eigenvalue weighted by molar-refractivity contribution is 0.414. The maximum atomic E-state index is 4.56. The molecule has 0 spiro atoms. The van der Waals surface area contributed by atoms with E-state index in [-0.39, 0.29) is 0 Å². The molecule has 0 saturated carbocycles. The number of nitrogens with zero attached hydrogens (tertiary/aromatic N) is 2. The van der Waals surface area contributed by atoms with Crippen LogP contribution in [0.3, 0.4) is 0 Å². The van der Waals surface area contributed by atoms with E-state index in [9.17, 15) is 0 Å². The Labute approximate surface area is 90.1 Å². The number of nitrogens with one attached hydrogen (secondary N) is 1. The lowest BCUT2D eigenvalue weighted by Gasteiger charge is -2.07. The third-order valence-electron chi connectivity index (χ3n) is 2.57. The number of fused-ring (bicyclic) bond motifs is 1. The molecule has 2 rings (SSSR count). The van der Waals surface area contributed by atoms with Crippen LogP contribution in [0.5, 0.6) is 0 Å². The molecule has 1 N–H and O–H groups in total. The minimum absolute atomic E-state index is 1.05. The first-order valence-corrected chi connectivity index (χ1v) is 5.25. The number of pyridine rings is 1. The van der Waals surface area contributed by atoms with E-state index in [1.807, 2.05) is 13.0 Å². The highest BCUT2D eigenvalue weighted by molar-refractivity contribution is 5.78. The van der Waals surface area contributed by atoms with E-state index in [1.54, 1.807) is 0 Å². The Kier molecular flexibility index (Phi) is 2.73. The molecule has 2 aromatic rings. The van der Waals surface area contributed by atoms with E-state index >= 15 is 0 Å². The van der Waals surface area contributed by atoms with Crippen LogP contribution in [0.25, 0.3) is 11.0 Å². The minimum atomic E-state index is 1.05. The second kappa shape index (κ2) is 4.03. The first-order valence-electron chi connectivity index (χ1n) is 5.25. The van der Waals surface area contributed by atoms with Crippen LogP contribution >= 0.6 is 0 Å². The number of aromatic amines is 1. The minimum Gasteiger partial charge on any atom is -0.360 e. The van der Waals surface area contributed by atoms with Crippen LogP contribution in [0.15, 0.2) is 18.3 Å². The predicted molar refractivity (Wildman–Crippen MR) is 63.1 cm³/mol. The number of likely N-dealkylation sites (N-methyl/N-ethyl adjacent to an activating group) is 1. The van der Waals surface area contributed by atoms with Gasteiger partial charge in [-0.05, 0) is 45.1 Å².